The Balaban J connectivity index is 2.47. The van der Waals surface area contributed by atoms with Gasteiger partial charge in [-0.1, -0.05) is 29.7 Å². The van der Waals surface area contributed by atoms with E-state index in [1.54, 1.807) is 37.3 Å². The number of rotatable bonds is 8. The number of aryl methyl sites for hydroxylation is 2. The standard InChI is InChI=1S/C24H26ClNO6S/c1-17-7-11-21(12-8-17)33(29,30)26-20-10-9-18(2)19(15-20)16-24(22(27)31-3,23(28)32-4)13-5-6-14-25/h7-12,15,26H,13-14,16H2,1-4H3. The number of halogens is 1. The molecule has 9 heteroatoms. The number of carbonyl (C=O) groups is 2. The van der Waals surface area contributed by atoms with Crippen LogP contribution in [0.4, 0.5) is 5.69 Å². The number of hydrogen-bond donors (Lipinski definition) is 1. The monoisotopic (exact) mass is 491 g/mol. The van der Waals surface area contributed by atoms with Crippen molar-refractivity contribution >= 4 is 39.3 Å². The van der Waals surface area contributed by atoms with Crippen molar-refractivity contribution in [3.8, 4) is 11.8 Å². The van der Waals surface area contributed by atoms with Crippen LogP contribution >= 0.6 is 11.6 Å². The average molecular weight is 492 g/mol. The molecule has 0 unspecified atom stereocenters. The summed E-state index contributed by atoms with van der Waals surface area (Å²) in [6.45, 7) is 3.65. The highest BCUT2D eigenvalue weighted by Crippen LogP contribution is 2.33. The molecule has 1 N–H and O–H groups in total. The number of alkyl halides is 1. The number of methoxy groups -OCH3 is 2. The molecule has 0 aliphatic heterocycles. The van der Waals surface area contributed by atoms with Crippen LogP contribution in [0, 0.1) is 31.1 Å². The Morgan fingerprint density at radius 2 is 1.61 bits per heavy atom. The van der Waals surface area contributed by atoms with Gasteiger partial charge >= 0.3 is 11.9 Å². The van der Waals surface area contributed by atoms with Crippen molar-refractivity contribution in [3.05, 3.63) is 59.2 Å². The van der Waals surface area contributed by atoms with Gasteiger partial charge in [0.25, 0.3) is 10.0 Å². The maximum absolute atomic E-state index is 12.8. The fourth-order valence-electron chi connectivity index (χ4n) is 3.27. The summed E-state index contributed by atoms with van der Waals surface area (Å²) >= 11 is 5.61. The van der Waals surface area contributed by atoms with Gasteiger partial charge in [0.15, 0.2) is 5.41 Å². The van der Waals surface area contributed by atoms with E-state index >= 15 is 0 Å². The molecule has 0 saturated carbocycles. The van der Waals surface area contributed by atoms with Crippen molar-refractivity contribution in [1.82, 2.24) is 0 Å². The summed E-state index contributed by atoms with van der Waals surface area (Å²) in [5, 5.41) is 0. The van der Waals surface area contributed by atoms with Crippen LogP contribution in [-0.4, -0.2) is 40.5 Å². The van der Waals surface area contributed by atoms with Crippen molar-refractivity contribution in [1.29, 1.82) is 0 Å². The highest BCUT2D eigenvalue weighted by atomic mass is 35.5. The second kappa shape index (κ2) is 11.2. The third-order valence-corrected chi connectivity index (χ3v) is 6.69. The predicted octanol–water partition coefficient (Wildman–Crippen LogP) is 3.61. The number of anilines is 1. The first-order valence-electron chi connectivity index (χ1n) is 9.97. The van der Waals surface area contributed by atoms with Crippen molar-refractivity contribution in [3.63, 3.8) is 0 Å². The summed E-state index contributed by atoms with van der Waals surface area (Å²) < 4.78 is 37.9. The predicted molar refractivity (Wildman–Crippen MR) is 126 cm³/mol. The molecule has 0 bridgehead atoms. The molecule has 2 rings (SSSR count). The molecule has 0 spiro atoms. The summed E-state index contributed by atoms with van der Waals surface area (Å²) in [6, 6.07) is 11.3. The molecule has 2 aromatic carbocycles. The zero-order chi connectivity index (χ0) is 24.6. The second-order valence-corrected chi connectivity index (χ2v) is 9.42. The lowest BCUT2D eigenvalue weighted by Gasteiger charge is -2.27. The molecule has 0 saturated heterocycles. The van der Waals surface area contributed by atoms with Gasteiger partial charge in [0.2, 0.25) is 0 Å². The lowest BCUT2D eigenvalue weighted by molar-refractivity contribution is -0.168. The van der Waals surface area contributed by atoms with Crippen molar-refractivity contribution in [2.24, 2.45) is 5.41 Å². The van der Waals surface area contributed by atoms with Crippen molar-refractivity contribution in [2.45, 2.75) is 31.6 Å². The first-order valence-corrected chi connectivity index (χ1v) is 12.0. The molecule has 176 valence electrons. The summed E-state index contributed by atoms with van der Waals surface area (Å²) in [6.07, 6.45) is -0.271. The van der Waals surface area contributed by atoms with Gasteiger partial charge in [-0.05, 0) is 49.2 Å². The Morgan fingerprint density at radius 1 is 1.00 bits per heavy atom. The third-order valence-electron chi connectivity index (χ3n) is 5.16. The number of sulfonamides is 1. The zero-order valence-corrected chi connectivity index (χ0v) is 20.5. The Bertz CT molecular complexity index is 1160. The maximum atomic E-state index is 12.8. The molecule has 2 aromatic rings. The van der Waals surface area contributed by atoms with Crippen molar-refractivity contribution < 1.29 is 27.5 Å². The molecule has 0 fully saturated rings. The summed E-state index contributed by atoms with van der Waals surface area (Å²) in [4.78, 5) is 25.6. The number of nitrogens with one attached hydrogen (secondary N) is 1. The van der Waals surface area contributed by atoms with E-state index in [1.165, 1.54) is 26.4 Å². The number of ether oxygens (including phenoxy) is 2. The van der Waals surface area contributed by atoms with Crippen LogP contribution in [0.2, 0.25) is 0 Å². The quantitative estimate of drug-likeness (QED) is 0.262. The smallest absolute Gasteiger partial charge is 0.324 e. The summed E-state index contributed by atoms with van der Waals surface area (Å²) in [5.74, 6) is 3.79. The lowest BCUT2D eigenvalue weighted by Crippen LogP contribution is -2.43. The Labute approximate surface area is 199 Å². The minimum Gasteiger partial charge on any atom is -0.468 e. The van der Waals surface area contributed by atoms with Crippen LogP contribution < -0.4 is 4.72 Å². The van der Waals surface area contributed by atoms with Gasteiger partial charge < -0.3 is 9.47 Å². The molecule has 7 nitrogen and oxygen atoms in total. The minimum absolute atomic E-state index is 0.0354. The fraction of sp³-hybridized carbons (Fsp3) is 0.333. The Hall–Kier alpha value is -3.02. The highest BCUT2D eigenvalue weighted by molar-refractivity contribution is 7.92. The molecule has 0 aliphatic carbocycles. The first-order chi connectivity index (χ1) is 15.6. The second-order valence-electron chi connectivity index (χ2n) is 7.47. The molecule has 0 heterocycles. The Morgan fingerprint density at radius 3 is 2.15 bits per heavy atom. The topological polar surface area (TPSA) is 98.8 Å². The molecule has 0 atom stereocenters. The number of hydrogen-bond acceptors (Lipinski definition) is 6. The van der Waals surface area contributed by atoms with Crippen LogP contribution in [0.3, 0.4) is 0 Å². The van der Waals surface area contributed by atoms with Crippen LogP contribution in [0.15, 0.2) is 47.4 Å². The molecular formula is C24H26ClNO6S. The van der Waals surface area contributed by atoms with E-state index in [0.29, 0.717) is 5.56 Å². The van der Waals surface area contributed by atoms with Crippen LogP contribution in [0.1, 0.15) is 23.1 Å². The number of esters is 2. The molecule has 33 heavy (non-hydrogen) atoms. The van der Waals surface area contributed by atoms with E-state index in [-0.39, 0.29) is 29.3 Å². The molecule has 0 radical (unpaired) electrons. The highest BCUT2D eigenvalue weighted by Gasteiger charge is 2.48. The molecule has 0 aliphatic rings. The van der Waals surface area contributed by atoms with Gasteiger partial charge in [-0.2, -0.15) is 0 Å². The van der Waals surface area contributed by atoms with Crippen LogP contribution in [0.5, 0.6) is 0 Å². The fourth-order valence-corrected chi connectivity index (χ4v) is 4.41. The van der Waals surface area contributed by atoms with Crippen molar-refractivity contribution in [2.75, 3.05) is 24.8 Å². The normalized spacial score (nSPS) is 11.2. The summed E-state index contributed by atoms with van der Waals surface area (Å²) in [5.41, 5.74) is 0.790. The van der Waals surface area contributed by atoms with Gasteiger partial charge in [-0.25, -0.2) is 8.42 Å². The van der Waals surface area contributed by atoms with E-state index in [9.17, 15) is 18.0 Å². The van der Waals surface area contributed by atoms with Crippen LogP contribution in [-0.2, 0) is 35.5 Å². The van der Waals surface area contributed by atoms with Gasteiger partial charge in [0, 0.05) is 18.5 Å². The van der Waals surface area contributed by atoms with Gasteiger partial charge in [0.1, 0.15) is 0 Å². The molecular weight excluding hydrogens is 466 g/mol. The largest absolute Gasteiger partial charge is 0.468 e. The number of carbonyl (C=O) groups excluding carboxylic acids is 2. The SMILES string of the molecule is COC(=O)C(CC#CCCl)(Cc1cc(NS(=O)(=O)c2ccc(C)cc2)ccc1C)C(=O)OC. The zero-order valence-electron chi connectivity index (χ0n) is 18.9. The van der Waals surface area contributed by atoms with E-state index in [0.717, 1.165) is 11.1 Å². The van der Waals surface area contributed by atoms with E-state index in [2.05, 4.69) is 16.6 Å². The van der Waals surface area contributed by atoms with Gasteiger partial charge in [-0.3, -0.25) is 14.3 Å². The molecule has 0 aromatic heterocycles. The van der Waals surface area contributed by atoms with Crippen LogP contribution in [0.25, 0.3) is 0 Å². The third kappa shape index (κ3) is 6.28. The minimum atomic E-state index is -3.83. The lowest BCUT2D eigenvalue weighted by atomic mass is 9.77. The first kappa shape index (κ1) is 26.2. The van der Waals surface area contributed by atoms with Gasteiger partial charge in [-0.15, -0.1) is 17.5 Å². The van der Waals surface area contributed by atoms with E-state index < -0.39 is 27.4 Å². The Kier molecular flexibility index (Phi) is 8.91. The van der Waals surface area contributed by atoms with E-state index in [1.807, 2.05) is 6.92 Å². The molecule has 0 amide bonds. The number of benzene rings is 2. The summed E-state index contributed by atoms with van der Waals surface area (Å²) in [7, 11) is -1.48. The van der Waals surface area contributed by atoms with E-state index in [4.69, 9.17) is 21.1 Å². The maximum Gasteiger partial charge on any atom is 0.324 e. The average Bonchev–Trinajstić information content (AvgIpc) is 2.79. The van der Waals surface area contributed by atoms with Gasteiger partial charge in [0.05, 0.1) is 25.0 Å².